The summed E-state index contributed by atoms with van der Waals surface area (Å²) in [5, 5.41) is 0. The molecule has 0 N–H and O–H groups in total. The summed E-state index contributed by atoms with van der Waals surface area (Å²) in [5.74, 6) is 0. The summed E-state index contributed by atoms with van der Waals surface area (Å²) in [7, 11) is 9.63. The van der Waals surface area contributed by atoms with Gasteiger partial charge < -0.3 is 5.53 Å². The molecule has 0 radical (unpaired) electrons. The van der Waals surface area contributed by atoms with E-state index in [0.717, 1.165) is 82.0 Å². The second-order valence-corrected chi connectivity index (χ2v) is 20.2. The van der Waals surface area contributed by atoms with E-state index in [9.17, 15) is 5.53 Å². The van der Waals surface area contributed by atoms with Gasteiger partial charge in [0.1, 0.15) is 0 Å². The molecule has 0 aromatic heterocycles. The molecule has 344 valence electrons. The fraction of sp³-hybridized carbons (Fsp3) is 0.709. The molecule has 2 aromatic carbocycles. The van der Waals surface area contributed by atoms with Gasteiger partial charge in [0.2, 0.25) is 11.4 Å². The minimum absolute atomic E-state index is 0.106. The number of allylic oxidation sites excluding steroid dienone is 2. The fourth-order valence-corrected chi connectivity index (χ4v) is 9.63. The topological polar surface area (TPSA) is 25.3 Å². The Morgan fingerprint density at radius 2 is 0.667 bits per heavy atom. The van der Waals surface area contributed by atoms with Crippen LogP contribution in [0.1, 0.15) is 260 Å². The van der Waals surface area contributed by atoms with Gasteiger partial charge in [0, 0.05) is 22.3 Å². The van der Waals surface area contributed by atoms with E-state index in [1.807, 2.05) is 0 Å². The van der Waals surface area contributed by atoms with Crippen molar-refractivity contribution in [1.82, 2.24) is 0 Å². The monoisotopic (exact) mass is 955 g/mol. The first-order valence-electron chi connectivity index (χ1n) is 25.4. The normalized spacial score (nSPS) is 12.9. The van der Waals surface area contributed by atoms with Crippen LogP contribution in [0, 0.1) is 0 Å². The van der Waals surface area contributed by atoms with Gasteiger partial charge in [-0.15, -0.1) is 0 Å². The standard InChI is InChI=1S/C55H90N2.2ClH.Pd/c1-9-17-22-26-27-31-39-53-52(37-21-13-5)54(48-40-44(32-14-6)50(34-16-8)45(41-48)33-15-7)57(56)55(53)49-42-46(35-28-23-18-10-2)51(38-30-25-20-12-4)47(43-49)36-29-24-19-11-3;;;/h40-43H,9-39H2,1-8H3;2*1H;/q;;;+2/p-2. The summed E-state index contributed by atoms with van der Waals surface area (Å²) in [6.07, 6.45) is 38.0. The molecule has 0 unspecified atom stereocenters. The average Bonchev–Trinajstić information content (AvgIpc) is 3.52. The van der Waals surface area contributed by atoms with Gasteiger partial charge in [0.25, 0.3) is 0 Å². The van der Waals surface area contributed by atoms with Crippen LogP contribution in [0.3, 0.4) is 0 Å². The number of nitrogens with zero attached hydrogens (tertiary/aromatic N) is 2. The van der Waals surface area contributed by atoms with E-state index in [0.29, 0.717) is 0 Å². The van der Waals surface area contributed by atoms with Crippen LogP contribution in [0.2, 0.25) is 0 Å². The molecule has 0 saturated carbocycles. The van der Waals surface area contributed by atoms with Crippen LogP contribution >= 0.6 is 19.1 Å². The van der Waals surface area contributed by atoms with Gasteiger partial charge in [-0.25, -0.2) is 4.70 Å². The summed E-state index contributed by atoms with van der Waals surface area (Å²) < 4.78 is 1.73. The molecular weight excluding hydrogens is 866 g/mol. The Hall–Kier alpha value is -1.24. The molecule has 0 atom stereocenters. The van der Waals surface area contributed by atoms with Gasteiger partial charge in [0.15, 0.2) is 0 Å². The molecule has 1 heterocycles. The number of benzene rings is 2. The van der Waals surface area contributed by atoms with Crippen molar-refractivity contribution in [1.29, 1.82) is 0 Å². The van der Waals surface area contributed by atoms with Crippen molar-refractivity contribution in [2.75, 3.05) is 0 Å². The van der Waals surface area contributed by atoms with Gasteiger partial charge in [-0.2, -0.15) is 0 Å². The van der Waals surface area contributed by atoms with E-state index in [1.54, 1.807) is 27.0 Å². The molecule has 5 heteroatoms. The zero-order valence-electron chi connectivity index (χ0n) is 40.2. The SMILES string of the molecule is CCCCCCCCC1=C(c2cc(CCCCCC)c(CCCCCC)c(CCCCCC)c2)[N+](=[N-])C(c2cc(CCC)c(CCC)c(CCC)c2)=C1CCCC.[Cl][Pd][Cl]. The molecule has 0 spiro atoms. The molecule has 60 heavy (non-hydrogen) atoms. The van der Waals surface area contributed by atoms with Crippen LogP contribution in [-0.4, -0.2) is 4.70 Å². The van der Waals surface area contributed by atoms with Gasteiger partial charge in [0.05, 0.1) is 0 Å². The van der Waals surface area contributed by atoms with Crippen molar-refractivity contribution >= 4 is 30.5 Å². The maximum atomic E-state index is 12.9. The first-order chi connectivity index (χ1) is 29.3. The summed E-state index contributed by atoms with van der Waals surface area (Å²) in [6, 6.07) is 10.2. The third-order valence-corrected chi connectivity index (χ3v) is 12.8. The first-order valence-corrected chi connectivity index (χ1v) is 29.4. The molecule has 1 aliphatic rings. The molecule has 2 aromatic rings. The van der Waals surface area contributed by atoms with E-state index in [-0.39, 0.29) is 15.9 Å². The van der Waals surface area contributed by atoms with E-state index in [2.05, 4.69) is 79.7 Å². The summed E-state index contributed by atoms with van der Waals surface area (Å²) >= 11 is -0.106. The summed E-state index contributed by atoms with van der Waals surface area (Å²) in [6.45, 7) is 18.6. The Kier molecular flexibility index (Phi) is 31.3. The predicted octanol–water partition coefficient (Wildman–Crippen LogP) is 19.4. The van der Waals surface area contributed by atoms with E-state index < -0.39 is 0 Å². The number of rotatable bonds is 33. The molecule has 0 saturated heterocycles. The van der Waals surface area contributed by atoms with Crippen LogP contribution in [0.25, 0.3) is 16.9 Å². The molecule has 0 fully saturated rings. The van der Waals surface area contributed by atoms with Crippen molar-refractivity contribution in [3.05, 3.63) is 85.5 Å². The number of halogens is 2. The van der Waals surface area contributed by atoms with Crippen LogP contribution in [-0.2, 0) is 54.5 Å². The Bertz CT molecular complexity index is 1500. The first kappa shape index (κ1) is 54.9. The van der Waals surface area contributed by atoms with Crippen LogP contribution in [0.4, 0.5) is 0 Å². The molecule has 2 nitrogen and oxygen atoms in total. The Morgan fingerprint density at radius 1 is 0.367 bits per heavy atom. The van der Waals surface area contributed by atoms with Gasteiger partial charge in [-0.05, 0) is 141 Å². The second-order valence-electron chi connectivity index (χ2n) is 17.9. The Labute approximate surface area is 388 Å². The second kappa shape index (κ2) is 34.2. The Morgan fingerprint density at radius 3 is 1.07 bits per heavy atom. The van der Waals surface area contributed by atoms with E-state index >= 15 is 0 Å². The number of unbranched alkanes of at least 4 members (excludes halogenated alkanes) is 15. The quantitative estimate of drug-likeness (QED) is 0.0387. The van der Waals surface area contributed by atoms with Gasteiger partial charge in [-0.3, -0.25) is 0 Å². The minimum atomic E-state index is -0.106. The molecule has 0 bridgehead atoms. The zero-order valence-corrected chi connectivity index (χ0v) is 43.3. The van der Waals surface area contributed by atoms with Crippen molar-refractivity contribution in [2.45, 2.75) is 254 Å². The van der Waals surface area contributed by atoms with E-state index in [1.165, 1.54) is 162 Å². The van der Waals surface area contributed by atoms with Crippen LogP contribution in [0.15, 0.2) is 35.4 Å². The molecule has 3 rings (SSSR count). The van der Waals surface area contributed by atoms with Crippen molar-refractivity contribution in [3.8, 4) is 0 Å². The predicted molar refractivity (Wildman–Crippen MR) is 265 cm³/mol. The number of hydrogen-bond donors (Lipinski definition) is 0. The van der Waals surface area contributed by atoms with Crippen LogP contribution < -0.4 is 0 Å². The zero-order chi connectivity index (χ0) is 44.0. The molecular formula is C55H90Cl2N2Pd. The van der Waals surface area contributed by atoms with Crippen molar-refractivity contribution in [2.24, 2.45) is 0 Å². The van der Waals surface area contributed by atoms with Crippen molar-refractivity contribution in [3.63, 3.8) is 0 Å². The third kappa shape index (κ3) is 18.5. The summed E-state index contributed by atoms with van der Waals surface area (Å²) in [5.41, 5.74) is 30.0. The van der Waals surface area contributed by atoms with Gasteiger partial charge >= 0.3 is 35.0 Å². The molecule has 0 aliphatic carbocycles. The average molecular weight is 957 g/mol. The van der Waals surface area contributed by atoms with E-state index in [4.69, 9.17) is 19.1 Å². The van der Waals surface area contributed by atoms with Crippen LogP contribution in [0.5, 0.6) is 0 Å². The summed E-state index contributed by atoms with van der Waals surface area (Å²) in [4.78, 5) is 0. The van der Waals surface area contributed by atoms with Gasteiger partial charge in [-0.1, -0.05) is 171 Å². The fourth-order valence-electron chi connectivity index (χ4n) is 9.63. The number of aryl methyl sites for hydroxylation is 4. The third-order valence-electron chi connectivity index (χ3n) is 12.8. The maximum absolute atomic E-state index is 12.9. The Balaban J connectivity index is 0.00000401. The number of hydrogen-bond acceptors (Lipinski definition) is 0. The van der Waals surface area contributed by atoms with Crippen molar-refractivity contribution < 1.29 is 20.6 Å². The molecule has 1 aliphatic heterocycles. The molecule has 0 amide bonds.